The number of fused-ring (bicyclic) bond motifs is 1. The van der Waals surface area contributed by atoms with E-state index in [1.54, 1.807) is 7.05 Å². The van der Waals surface area contributed by atoms with Gasteiger partial charge in [0.1, 0.15) is 5.75 Å². The molecule has 0 aromatic heterocycles. The molecule has 23 heavy (non-hydrogen) atoms. The second kappa shape index (κ2) is 6.69. The standard InChI is InChI=1S/C17H16Cl2N2O2/c1-20-17(22)16-10-21(14-7-2-3-8-15(14)23-16)9-11-12(18)5-4-6-13(11)19/h2-8,16H,9-10H2,1H3,(H,20,22)/t16-/m0/s1. The number of hydrogen-bond donors (Lipinski definition) is 1. The van der Waals surface area contributed by atoms with Crippen LogP contribution in [0.1, 0.15) is 5.56 Å². The number of amides is 1. The van der Waals surface area contributed by atoms with Gasteiger partial charge >= 0.3 is 0 Å². The van der Waals surface area contributed by atoms with Crippen LogP contribution in [0, 0.1) is 0 Å². The molecule has 2 aromatic rings. The van der Waals surface area contributed by atoms with Crippen molar-refractivity contribution in [1.82, 2.24) is 5.32 Å². The topological polar surface area (TPSA) is 41.6 Å². The number of hydrogen-bond acceptors (Lipinski definition) is 3. The van der Waals surface area contributed by atoms with Crippen molar-refractivity contribution in [2.24, 2.45) is 0 Å². The molecule has 0 saturated carbocycles. The molecule has 4 nitrogen and oxygen atoms in total. The van der Waals surface area contributed by atoms with Gasteiger partial charge in [-0.25, -0.2) is 0 Å². The molecule has 2 aromatic carbocycles. The predicted molar refractivity (Wildman–Crippen MR) is 92.4 cm³/mol. The molecule has 0 bridgehead atoms. The Labute approximate surface area is 144 Å². The number of carbonyl (C=O) groups is 1. The lowest BCUT2D eigenvalue weighted by Gasteiger charge is -2.35. The average molecular weight is 351 g/mol. The van der Waals surface area contributed by atoms with Crippen LogP contribution in [-0.4, -0.2) is 25.6 Å². The SMILES string of the molecule is CNC(=O)[C@@H]1CN(Cc2c(Cl)cccc2Cl)c2ccccc2O1. The van der Waals surface area contributed by atoms with Gasteiger partial charge in [0.05, 0.1) is 12.2 Å². The Morgan fingerprint density at radius 1 is 1.22 bits per heavy atom. The summed E-state index contributed by atoms with van der Waals surface area (Å²) in [6, 6.07) is 13.1. The van der Waals surface area contributed by atoms with E-state index in [0.717, 1.165) is 11.3 Å². The summed E-state index contributed by atoms with van der Waals surface area (Å²) in [4.78, 5) is 14.1. The number of nitrogens with one attached hydrogen (secondary N) is 1. The van der Waals surface area contributed by atoms with Gasteiger partial charge in [-0.2, -0.15) is 0 Å². The van der Waals surface area contributed by atoms with Crippen molar-refractivity contribution in [1.29, 1.82) is 0 Å². The minimum Gasteiger partial charge on any atom is -0.477 e. The Kier molecular flexibility index (Phi) is 4.64. The van der Waals surface area contributed by atoms with Crippen LogP contribution in [0.5, 0.6) is 5.75 Å². The third-order valence-corrected chi connectivity index (χ3v) is 4.52. The van der Waals surface area contributed by atoms with Gasteiger partial charge in [-0.05, 0) is 24.3 Å². The van der Waals surface area contributed by atoms with Crippen LogP contribution in [0.3, 0.4) is 0 Å². The normalized spacial score (nSPS) is 16.5. The van der Waals surface area contributed by atoms with Crippen molar-refractivity contribution in [2.45, 2.75) is 12.6 Å². The van der Waals surface area contributed by atoms with Crippen LogP contribution in [-0.2, 0) is 11.3 Å². The zero-order valence-electron chi connectivity index (χ0n) is 12.6. The summed E-state index contributed by atoms with van der Waals surface area (Å²) in [5.41, 5.74) is 1.76. The number of anilines is 1. The Morgan fingerprint density at radius 3 is 2.61 bits per heavy atom. The second-order valence-electron chi connectivity index (χ2n) is 5.27. The molecule has 1 heterocycles. The van der Waals surface area contributed by atoms with Gasteiger partial charge < -0.3 is 15.0 Å². The molecular formula is C17H16Cl2N2O2. The maximum Gasteiger partial charge on any atom is 0.262 e. The van der Waals surface area contributed by atoms with E-state index in [-0.39, 0.29) is 5.91 Å². The first-order valence-corrected chi connectivity index (χ1v) is 8.01. The van der Waals surface area contributed by atoms with Crippen molar-refractivity contribution in [3.8, 4) is 5.75 Å². The van der Waals surface area contributed by atoms with Crippen LogP contribution < -0.4 is 15.0 Å². The highest BCUT2D eigenvalue weighted by Gasteiger charge is 2.30. The van der Waals surface area contributed by atoms with Gasteiger partial charge in [-0.3, -0.25) is 4.79 Å². The van der Waals surface area contributed by atoms with E-state index in [9.17, 15) is 4.79 Å². The van der Waals surface area contributed by atoms with E-state index in [4.69, 9.17) is 27.9 Å². The number of ether oxygens (including phenoxy) is 1. The van der Waals surface area contributed by atoms with Crippen LogP contribution in [0.25, 0.3) is 0 Å². The summed E-state index contributed by atoms with van der Waals surface area (Å²) < 4.78 is 5.79. The lowest BCUT2D eigenvalue weighted by Crippen LogP contribution is -2.48. The number of benzene rings is 2. The first-order chi connectivity index (χ1) is 11.1. The van der Waals surface area contributed by atoms with E-state index >= 15 is 0 Å². The number of nitrogens with zero attached hydrogens (tertiary/aromatic N) is 1. The van der Waals surface area contributed by atoms with Crippen molar-refractivity contribution in [3.05, 3.63) is 58.1 Å². The van der Waals surface area contributed by atoms with Gasteiger partial charge in [0, 0.05) is 29.2 Å². The number of carbonyl (C=O) groups excluding carboxylic acids is 1. The van der Waals surface area contributed by atoms with E-state index in [1.165, 1.54) is 0 Å². The zero-order chi connectivity index (χ0) is 16.4. The highest BCUT2D eigenvalue weighted by atomic mass is 35.5. The maximum absolute atomic E-state index is 12.0. The highest BCUT2D eigenvalue weighted by molar-refractivity contribution is 6.36. The van der Waals surface area contributed by atoms with E-state index in [0.29, 0.717) is 28.9 Å². The highest BCUT2D eigenvalue weighted by Crippen LogP contribution is 2.36. The Hall–Kier alpha value is -1.91. The number of halogens is 2. The van der Waals surface area contributed by atoms with Crippen LogP contribution >= 0.6 is 23.2 Å². The molecule has 3 rings (SSSR count). The van der Waals surface area contributed by atoms with Crippen molar-refractivity contribution in [3.63, 3.8) is 0 Å². The predicted octanol–water partition coefficient (Wildman–Crippen LogP) is 3.51. The Bertz CT molecular complexity index is 716. The number of para-hydroxylation sites is 2. The first kappa shape index (κ1) is 16.0. The van der Waals surface area contributed by atoms with Crippen LogP contribution in [0.15, 0.2) is 42.5 Å². The molecule has 1 atom stereocenters. The summed E-state index contributed by atoms with van der Waals surface area (Å²) >= 11 is 12.6. The lowest BCUT2D eigenvalue weighted by atomic mass is 10.1. The van der Waals surface area contributed by atoms with Crippen molar-refractivity contribution in [2.75, 3.05) is 18.5 Å². The van der Waals surface area contributed by atoms with Gasteiger partial charge in [-0.15, -0.1) is 0 Å². The Morgan fingerprint density at radius 2 is 1.91 bits per heavy atom. The molecule has 1 amide bonds. The largest absolute Gasteiger partial charge is 0.477 e. The number of rotatable bonds is 3. The molecule has 0 radical (unpaired) electrons. The van der Waals surface area contributed by atoms with Crippen molar-refractivity contribution < 1.29 is 9.53 Å². The van der Waals surface area contributed by atoms with Gasteiger partial charge in [0.25, 0.3) is 5.91 Å². The summed E-state index contributed by atoms with van der Waals surface area (Å²) in [5.74, 6) is 0.519. The zero-order valence-corrected chi connectivity index (χ0v) is 14.1. The molecule has 0 spiro atoms. The fourth-order valence-corrected chi connectivity index (χ4v) is 3.15. The average Bonchev–Trinajstić information content (AvgIpc) is 2.57. The van der Waals surface area contributed by atoms with Gasteiger partial charge in [0.2, 0.25) is 0 Å². The summed E-state index contributed by atoms with van der Waals surface area (Å²) in [6.07, 6.45) is -0.573. The minimum atomic E-state index is -0.573. The minimum absolute atomic E-state index is 0.158. The molecule has 0 unspecified atom stereocenters. The molecule has 6 heteroatoms. The fraction of sp³-hybridized carbons (Fsp3) is 0.235. The third kappa shape index (κ3) is 3.23. The molecule has 1 aliphatic heterocycles. The van der Waals surface area contributed by atoms with Gasteiger partial charge in [-0.1, -0.05) is 41.4 Å². The van der Waals surface area contributed by atoms with Crippen molar-refractivity contribution >= 4 is 34.8 Å². The van der Waals surface area contributed by atoms with Crippen LogP contribution in [0.4, 0.5) is 5.69 Å². The maximum atomic E-state index is 12.0. The summed E-state index contributed by atoms with van der Waals surface area (Å²) in [5, 5.41) is 3.85. The Balaban J connectivity index is 1.95. The molecular weight excluding hydrogens is 335 g/mol. The first-order valence-electron chi connectivity index (χ1n) is 7.25. The van der Waals surface area contributed by atoms with E-state index in [1.807, 2.05) is 42.5 Å². The fourth-order valence-electron chi connectivity index (χ4n) is 2.63. The molecule has 1 N–H and O–H groups in total. The van der Waals surface area contributed by atoms with E-state index in [2.05, 4.69) is 10.2 Å². The molecule has 0 aliphatic carbocycles. The second-order valence-corrected chi connectivity index (χ2v) is 6.08. The van der Waals surface area contributed by atoms with Crippen LogP contribution in [0.2, 0.25) is 10.0 Å². The monoisotopic (exact) mass is 350 g/mol. The number of likely N-dealkylation sites (N-methyl/N-ethyl adjacent to an activating group) is 1. The summed E-state index contributed by atoms with van der Waals surface area (Å²) in [7, 11) is 1.60. The lowest BCUT2D eigenvalue weighted by molar-refractivity contribution is -0.127. The van der Waals surface area contributed by atoms with E-state index < -0.39 is 6.10 Å². The van der Waals surface area contributed by atoms with Gasteiger partial charge in [0.15, 0.2) is 6.10 Å². The molecule has 1 aliphatic rings. The third-order valence-electron chi connectivity index (χ3n) is 3.81. The molecule has 120 valence electrons. The quantitative estimate of drug-likeness (QED) is 0.920. The smallest absolute Gasteiger partial charge is 0.262 e. The summed E-state index contributed by atoms with van der Waals surface area (Å²) in [6.45, 7) is 0.935. The molecule has 0 saturated heterocycles. The molecule has 0 fully saturated rings.